The number of thiophene rings is 1. The van der Waals surface area contributed by atoms with E-state index in [4.69, 9.17) is 11.6 Å². The standard InChI is InChI=1S/C10H16ClNO2S2/c1-8(11)6-7-12(3)16(13,14)10-5-4-9(2)15-10/h4-5,8H,6-7H2,1-3H3. The molecule has 92 valence electrons. The van der Waals surface area contributed by atoms with Gasteiger partial charge in [0.2, 0.25) is 0 Å². The van der Waals surface area contributed by atoms with Crippen LogP contribution in [0.3, 0.4) is 0 Å². The summed E-state index contributed by atoms with van der Waals surface area (Å²) in [5.74, 6) is 0. The Kier molecular flexibility index (Phi) is 4.79. The van der Waals surface area contributed by atoms with Gasteiger partial charge in [-0.3, -0.25) is 0 Å². The first kappa shape index (κ1) is 14.0. The third kappa shape index (κ3) is 3.45. The lowest BCUT2D eigenvalue weighted by atomic mass is 10.3. The lowest BCUT2D eigenvalue weighted by molar-refractivity contribution is 0.462. The predicted octanol–water partition coefficient (Wildman–Crippen LogP) is 2.69. The second-order valence-electron chi connectivity index (χ2n) is 3.76. The molecule has 1 rings (SSSR count). The van der Waals surface area contributed by atoms with Crippen LogP contribution in [0.4, 0.5) is 0 Å². The van der Waals surface area contributed by atoms with Crippen LogP contribution in [-0.2, 0) is 10.0 Å². The molecule has 1 unspecified atom stereocenters. The Bertz CT molecular complexity index is 439. The van der Waals surface area contributed by atoms with Crippen molar-refractivity contribution in [3.8, 4) is 0 Å². The van der Waals surface area contributed by atoms with Gasteiger partial charge in [-0.15, -0.1) is 22.9 Å². The molecule has 0 fully saturated rings. The summed E-state index contributed by atoms with van der Waals surface area (Å²) >= 11 is 7.10. The van der Waals surface area contributed by atoms with Crippen LogP contribution in [0.5, 0.6) is 0 Å². The highest BCUT2D eigenvalue weighted by atomic mass is 35.5. The topological polar surface area (TPSA) is 37.4 Å². The quantitative estimate of drug-likeness (QED) is 0.778. The van der Waals surface area contributed by atoms with E-state index in [1.54, 1.807) is 13.1 Å². The van der Waals surface area contributed by atoms with E-state index < -0.39 is 10.0 Å². The molecule has 1 heterocycles. The SMILES string of the molecule is Cc1ccc(S(=O)(=O)N(C)CCC(C)Cl)s1. The van der Waals surface area contributed by atoms with Gasteiger partial charge in [-0.05, 0) is 32.4 Å². The molecule has 1 atom stereocenters. The largest absolute Gasteiger partial charge is 0.252 e. The maximum absolute atomic E-state index is 12.1. The van der Waals surface area contributed by atoms with Gasteiger partial charge in [0.25, 0.3) is 10.0 Å². The molecule has 0 N–H and O–H groups in total. The van der Waals surface area contributed by atoms with Crippen molar-refractivity contribution >= 4 is 33.0 Å². The number of halogens is 1. The Morgan fingerprint density at radius 1 is 1.50 bits per heavy atom. The maximum Gasteiger partial charge on any atom is 0.252 e. The first-order valence-electron chi connectivity index (χ1n) is 5.01. The van der Waals surface area contributed by atoms with Crippen LogP contribution in [0, 0.1) is 6.92 Å². The van der Waals surface area contributed by atoms with Crippen molar-refractivity contribution in [3.05, 3.63) is 17.0 Å². The maximum atomic E-state index is 12.1. The van der Waals surface area contributed by atoms with Crippen LogP contribution >= 0.6 is 22.9 Å². The van der Waals surface area contributed by atoms with Gasteiger partial charge in [0, 0.05) is 23.8 Å². The summed E-state index contributed by atoms with van der Waals surface area (Å²) in [4.78, 5) is 0.998. The first-order valence-corrected chi connectivity index (χ1v) is 7.70. The first-order chi connectivity index (χ1) is 7.34. The Morgan fingerprint density at radius 3 is 2.56 bits per heavy atom. The molecule has 1 aromatic rings. The van der Waals surface area contributed by atoms with Crippen LogP contribution in [0.15, 0.2) is 16.3 Å². The predicted molar refractivity (Wildman–Crippen MR) is 68.8 cm³/mol. The van der Waals surface area contributed by atoms with E-state index in [9.17, 15) is 8.42 Å². The highest BCUT2D eigenvalue weighted by Crippen LogP contribution is 2.23. The number of hydrogen-bond acceptors (Lipinski definition) is 3. The van der Waals surface area contributed by atoms with Crippen LogP contribution in [-0.4, -0.2) is 31.7 Å². The smallest absolute Gasteiger partial charge is 0.206 e. The van der Waals surface area contributed by atoms with Crippen molar-refractivity contribution in [2.24, 2.45) is 0 Å². The molecule has 3 nitrogen and oxygen atoms in total. The Labute approximate surface area is 106 Å². The minimum atomic E-state index is -3.32. The Balaban J connectivity index is 2.78. The van der Waals surface area contributed by atoms with Crippen LogP contribution in [0.1, 0.15) is 18.2 Å². The number of nitrogens with zero attached hydrogens (tertiary/aromatic N) is 1. The molecule has 0 radical (unpaired) electrons. The minimum absolute atomic E-state index is 0.0114. The van der Waals surface area contributed by atoms with E-state index in [1.807, 2.05) is 19.9 Å². The van der Waals surface area contributed by atoms with E-state index in [2.05, 4.69) is 0 Å². The number of alkyl halides is 1. The molecule has 0 aliphatic rings. The Morgan fingerprint density at radius 2 is 2.12 bits per heavy atom. The van der Waals surface area contributed by atoms with Gasteiger partial charge in [-0.25, -0.2) is 12.7 Å². The highest BCUT2D eigenvalue weighted by molar-refractivity contribution is 7.91. The van der Waals surface area contributed by atoms with Crippen LogP contribution < -0.4 is 0 Å². The number of sulfonamides is 1. The van der Waals surface area contributed by atoms with Crippen molar-refractivity contribution in [2.45, 2.75) is 29.9 Å². The summed E-state index contributed by atoms with van der Waals surface area (Å²) in [6.45, 7) is 4.20. The van der Waals surface area contributed by atoms with Crippen LogP contribution in [0.25, 0.3) is 0 Å². The van der Waals surface area contributed by atoms with E-state index in [0.717, 1.165) is 4.88 Å². The van der Waals surface area contributed by atoms with Gasteiger partial charge in [0.1, 0.15) is 4.21 Å². The van der Waals surface area contributed by atoms with E-state index in [1.165, 1.54) is 15.6 Å². The van der Waals surface area contributed by atoms with E-state index >= 15 is 0 Å². The van der Waals surface area contributed by atoms with Crippen molar-refractivity contribution in [3.63, 3.8) is 0 Å². The molecule has 1 aromatic heterocycles. The molecule has 0 bridgehead atoms. The summed E-state index contributed by atoms with van der Waals surface area (Å²) in [6.07, 6.45) is 0.654. The molecular weight excluding hydrogens is 266 g/mol. The fourth-order valence-electron chi connectivity index (χ4n) is 1.18. The molecule has 0 aliphatic heterocycles. The molecule has 0 amide bonds. The zero-order valence-electron chi connectivity index (χ0n) is 9.60. The molecule has 0 aromatic carbocycles. The molecule has 6 heteroatoms. The lowest BCUT2D eigenvalue weighted by Crippen LogP contribution is -2.28. The highest BCUT2D eigenvalue weighted by Gasteiger charge is 2.22. The molecule has 0 saturated heterocycles. The van der Waals surface area contributed by atoms with Crippen molar-refractivity contribution in [1.29, 1.82) is 0 Å². The van der Waals surface area contributed by atoms with E-state index in [0.29, 0.717) is 17.2 Å². The fraction of sp³-hybridized carbons (Fsp3) is 0.600. The molecule has 0 spiro atoms. The Hall–Kier alpha value is -0.100. The van der Waals surface area contributed by atoms with Crippen LogP contribution in [0.2, 0.25) is 0 Å². The van der Waals surface area contributed by atoms with Crippen molar-refractivity contribution < 1.29 is 8.42 Å². The van der Waals surface area contributed by atoms with Gasteiger partial charge < -0.3 is 0 Å². The summed E-state index contributed by atoms with van der Waals surface area (Å²) in [5, 5.41) is -0.0114. The number of aryl methyl sites for hydroxylation is 1. The molecule has 0 saturated carbocycles. The van der Waals surface area contributed by atoms with Gasteiger partial charge >= 0.3 is 0 Å². The monoisotopic (exact) mass is 281 g/mol. The molecule has 16 heavy (non-hydrogen) atoms. The third-order valence-electron chi connectivity index (χ3n) is 2.22. The average Bonchev–Trinajstić information content (AvgIpc) is 2.61. The summed E-state index contributed by atoms with van der Waals surface area (Å²) in [5.41, 5.74) is 0. The van der Waals surface area contributed by atoms with Gasteiger partial charge in [0.05, 0.1) is 0 Å². The number of rotatable bonds is 5. The van der Waals surface area contributed by atoms with Crippen molar-refractivity contribution in [2.75, 3.05) is 13.6 Å². The fourth-order valence-corrected chi connectivity index (χ4v) is 3.96. The van der Waals surface area contributed by atoms with Gasteiger partial charge in [-0.2, -0.15) is 0 Å². The zero-order chi connectivity index (χ0) is 12.3. The summed E-state index contributed by atoms with van der Waals surface area (Å²) < 4.78 is 25.9. The third-order valence-corrected chi connectivity index (χ3v) is 5.77. The number of hydrogen-bond donors (Lipinski definition) is 0. The summed E-state index contributed by atoms with van der Waals surface area (Å²) in [6, 6.07) is 3.46. The molecule has 0 aliphatic carbocycles. The summed E-state index contributed by atoms with van der Waals surface area (Å²) in [7, 11) is -1.73. The minimum Gasteiger partial charge on any atom is -0.206 e. The second kappa shape index (κ2) is 5.49. The zero-order valence-corrected chi connectivity index (χ0v) is 12.0. The van der Waals surface area contributed by atoms with Gasteiger partial charge in [-0.1, -0.05) is 0 Å². The normalized spacial score (nSPS) is 14.3. The van der Waals surface area contributed by atoms with Crippen molar-refractivity contribution in [1.82, 2.24) is 4.31 Å². The molecular formula is C10H16ClNO2S2. The van der Waals surface area contributed by atoms with E-state index in [-0.39, 0.29) is 5.38 Å². The lowest BCUT2D eigenvalue weighted by Gasteiger charge is -2.16. The second-order valence-corrected chi connectivity index (χ2v) is 8.07. The average molecular weight is 282 g/mol. The van der Waals surface area contributed by atoms with Gasteiger partial charge in [0.15, 0.2) is 0 Å².